The minimum Gasteiger partial charge on any atom is -0.477 e. The van der Waals surface area contributed by atoms with Crippen molar-refractivity contribution >= 4 is 50.3 Å². The maximum Gasteiger partial charge on any atom is 0.311 e. The number of aromatic nitrogens is 2. The average Bonchev–Trinajstić information content (AvgIpc) is 2.88. The highest BCUT2D eigenvalue weighted by molar-refractivity contribution is 9.10. The van der Waals surface area contributed by atoms with Crippen molar-refractivity contribution in [2.75, 3.05) is 11.9 Å². The summed E-state index contributed by atoms with van der Waals surface area (Å²) in [7, 11) is 0. The third-order valence-corrected chi connectivity index (χ3v) is 5.83. The first kappa shape index (κ1) is 26.6. The molecule has 194 valence electrons. The number of nitro benzene ring substituents is 1. The van der Waals surface area contributed by atoms with Gasteiger partial charge in [0.25, 0.3) is 11.5 Å². The Bertz CT molecular complexity index is 1620. The highest BCUT2D eigenvalue weighted by Gasteiger charge is 2.18. The largest absolute Gasteiger partial charge is 0.477 e. The molecule has 0 aliphatic rings. The van der Waals surface area contributed by atoms with Crippen LogP contribution in [0.3, 0.4) is 0 Å². The zero-order valence-electron chi connectivity index (χ0n) is 20.2. The van der Waals surface area contributed by atoms with Gasteiger partial charge in [0.05, 0.1) is 22.0 Å². The van der Waals surface area contributed by atoms with Crippen LogP contribution in [-0.2, 0) is 4.79 Å². The average molecular weight is 582 g/mol. The van der Waals surface area contributed by atoms with Crippen LogP contribution in [0.1, 0.15) is 31.2 Å². The van der Waals surface area contributed by atoms with E-state index in [9.17, 15) is 24.1 Å². The molecule has 0 saturated carbocycles. The zero-order valence-corrected chi connectivity index (χ0v) is 21.8. The Morgan fingerprint density at radius 2 is 1.95 bits per heavy atom. The lowest BCUT2D eigenvalue weighted by atomic mass is 10.2. The molecule has 0 spiro atoms. The fraction of sp³-hybridized carbons (Fsp3) is 0.154. The smallest absolute Gasteiger partial charge is 0.311 e. The Hall–Kier alpha value is -4.45. The van der Waals surface area contributed by atoms with Gasteiger partial charge in [-0.15, -0.1) is 0 Å². The molecule has 12 heteroatoms. The summed E-state index contributed by atoms with van der Waals surface area (Å²) < 4.78 is 20.3. The van der Waals surface area contributed by atoms with Gasteiger partial charge in [-0.05, 0) is 54.6 Å². The molecule has 0 aliphatic heterocycles. The van der Waals surface area contributed by atoms with Crippen molar-refractivity contribution in [1.29, 1.82) is 0 Å². The number of anilines is 1. The zero-order chi connectivity index (χ0) is 27.4. The molecule has 4 rings (SSSR count). The van der Waals surface area contributed by atoms with Crippen LogP contribution in [0.15, 0.2) is 75.0 Å². The number of carbonyl (C=O) groups is 1. The van der Waals surface area contributed by atoms with Crippen molar-refractivity contribution in [3.05, 3.63) is 103 Å². The molecule has 0 saturated heterocycles. The fourth-order valence-corrected chi connectivity index (χ4v) is 3.89. The third kappa shape index (κ3) is 6.09. The Morgan fingerprint density at radius 1 is 1.21 bits per heavy atom. The molecule has 1 aromatic heterocycles. The minimum absolute atomic E-state index is 0.126. The van der Waals surface area contributed by atoms with Crippen LogP contribution in [0.25, 0.3) is 10.9 Å². The molecule has 4 aromatic rings. The first-order valence-electron chi connectivity index (χ1n) is 11.4. The van der Waals surface area contributed by atoms with Crippen LogP contribution in [0.2, 0.25) is 0 Å². The van der Waals surface area contributed by atoms with Crippen molar-refractivity contribution in [3.8, 4) is 5.75 Å². The first-order chi connectivity index (χ1) is 18.1. The molecule has 0 bridgehead atoms. The van der Waals surface area contributed by atoms with Crippen LogP contribution < -0.4 is 15.6 Å². The molecular formula is C26H21BrFN5O5. The van der Waals surface area contributed by atoms with E-state index >= 15 is 0 Å². The van der Waals surface area contributed by atoms with Crippen LogP contribution in [-0.4, -0.2) is 33.3 Å². The monoisotopic (exact) mass is 581 g/mol. The maximum atomic E-state index is 13.2. The fourth-order valence-electron chi connectivity index (χ4n) is 3.53. The molecule has 0 radical (unpaired) electrons. The second-order valence-electron chi connectivity index (χ2n) is 8.48. The molecule has 10 nitrogen and oxygen atoms in total. The SMILES string of the molecule is CC(C)c1nc2ccc(Br)cc2c(=O)n1N=Cc1ccc(OCC(=O)Nc2ccc(F)cc2)c([N+](=O)[O-])c1. The summed E-state index contributed by atoms with van der Waals surface area (Å²) in [5.41, 5.74) is 0.454. The highest BCUT2D eigenvalue weighted by atomic mass is 79.9. The summed E-state index contributed by atoms with van der Waals surface area (Å²) in [6.45, 7) is 3.25. The van der Waals surface area contributed by atoms with Crippen LogP contribution in [0.4, 0.5) is 15.8 Å². The molecule has 1 amide bonds. The van der Waals surface area contributed by atoms with E-state index < -0.39 is 23.3 Å². The van der Waals surface area contributed by atoms with Crippen molar-refractivity contribution in [1.82, 2.24) is 9.66 Å². The molecular weight excluding hydrogens is 561 g/mol. The summed E-state index contributed by atoms with van der Waals surface area (Å²) in [4.78, 5) is 40.9. The van der Waals surface area contributed by atoms with Gasteiger partial charge in [0.1, 0.15) is 11.6 Å². The predicted octanol–water partition coefficient (Wildman–Crippen LogP) is 5.23. The van der Waals surface area contributed by atoms with Gasteiger partial charge in [0.15, 0.2) is 12.4 Å². The topological polar surface area (TPSA) is 129 Å². The van der Waals surface area contributed by atoms with E-state index in [1.54, 1.807) is 18.2 Å². The normalized spacial score (nSPS) is 11.3. The lowest BCUT2D eigenvalue weighted by Gasteiger charge is -2.12. The van der Waals surface area contributed by atoms with Gasteiger partial charge in [-0.1, -0.05) is 29.8 Å². The minimum atomic E-state index is -0.647. The van der Waals surface area contributed by atoms with Gasteiger partial charge < -0.3 is 10.1 Å². The number of ether oxygens (including phenoxy) is 1. The van der Waals surface area contributed by atoms with E-state index in [1.165, 1.54) is 53.4 Å². The number of halogens is 2. The molecule has 0 unspecified atom stereocenters. The van der Waals surface area contributed by atoms with Crippen LogP contribution >= 0.6 is 15.9 Å². The van der Waals surface area contributed by atoms with E-state index in [0.29, 0.717) is 32.5 Å². The number of fused-ring (bicyclic) bond motifs is 1. The lowest BCUT2D eigenvalue weighted by Crippen LogP contribution is -2.23. The van der Waals surface area contributed by atoms with Gasteiger partial charge in [0.2, 0.25) is 0 Å². The number of nitro groups is 1. The van der Waals surface area contributed by atoms with E-state index in [4.69, 9.17) is 4.74 Å². The second kappa shape index (κ2) is 11.3. The van der Waals surface area contributed by atoms with Crippen LogP contribution in [0, 0.1) is 15.9 Å². The summed E-state index contributed by atoms with van der Waals surface area (Å²) in [5.74, 6) is -0.846. The second-order valence-corrected chi connectivity index (χ2v) is 9.39. The van der Waals surface area contributed by atoms with Gasteiger partial charge in [-0.3, -0.25) is 19.7 Å². The summed E-state index contributed by atoms with van der Waals surface area (Å²) in [5, 5.41) is 18.8. The van der Waals surface area contributed by atoms with Crippen LogP contribution in [0.5, 0.6) is 5.75 Å². The summed E-state index contributed by atoms with van der Waals surface area (Å²) >= 11 is 3.35. The van der Waals surface area contributed by atoms with Crippen molar-refractivity contribution in [2.24, 2.45) is 5.10 Å². The number of amides is 1. The Kier molecular flexibility index (Phi) is 7.91. The molecule has 0 atom stereocenters. The molecule has 38 heavy (non-hydrogen) atoms. The highest BCUT2D eigenvalue weighted by Crippen LogP contribution is 2.28. The standard InChI is InChI=1S/C26H21BrFN5O5/c1-15(2)25-31-21-9-4-17(27)12-20(21)26(35)32(25)29-13-16-3-10-23(22(11-16)33(36)37)38-14-24(34)30-19-7-5-18(28)6-8-19/h3-13,15H,14H2,1-2H3,(H,30,34). The molecule has 0 aliphatic carbocycles. The van der Waals surface area contributed by atoms with Crippen molar-refractivity contribution in [3.63, 3.8) is 0 Å². The number of nitrogens with one attached hydrogen (secondary N) is 1. The van der Waals surface area contributed by atoms with E-state index in [-0.39, 0.29) is 22.9 Å². The van der Waals surface area contributed by atoms with E-state index in [1.807, 2.05) is 13.8 Å². The quantitative estimate of drug-likeness (QED) is 0.172. The van der Waals surface area contributed by atoms with Gasteiger partial charge in [-0.2, -0.15) is 9.78 Å². The van der Waals surface area contributed by atoms with Crippen molar-refractivity contribution < 1.29 is 18.8 Å². The Labute approximate surface area is 224 Å². The number of benzene rings is 3. The lowest BCUT2D eigenvalue weighted by molar-refractivity contribution is -0.385. The molecule has 1 N–H and O–H groups in total. The Balaban J connectivity index is 1.58. The van der Waals surface area contributed by atoms with Crippen molar-refractivity contribution in [2.45, 2.75) is 19.8 Å². The number of hydrogen-bond acceptors (Lipinski definition) is 7. The number of hydrogen-bond donors (Lipinski definition) is 1. The van der Waals surface area contributed by atoms with E-state index in [2.05, 4.69) is 31.3 Å². The maximum absolute atomic E-state index is 13.2. The molecule has 3 aromatic carbocycles. The Morgan fingerprint density at radius 3 is 2.63 bits per heavy atom. The number of carbonyl (C=O) groups excluding carboxylic acids is 1. The van der Waals surface area contributed by atoms with Gasteiger partial charge in [-0.25, -0.2) is 9.37 Å². The third-order valence-electron chi connectivity index (χ3n) is 5.34. The number of rotatable bonds is 8. The molecule has 0 fully saturated rings. The summed E-state index contributed by atoms with van der Waals surface area (Å²) in [6.07, 6.45) is 1.32. The summed E-state index contributed by atoms with van der Waals surface area (Å²) in [6, 6.07) is 14.4. The number of nitrogens with zero attached hydrogens (tertiary/aromatic N) is 4. The van der Waals surface area contributed by atoms with Gasteiger partial charge in [0, 0.05) is 27.7 Å². The predicted molar refractivity (Wildman–Crippen MR) is 144 cm³/mol. The van der Waals surface area contributed by atoms with Gasteiger partial charge >= 0.3 is 5.69 Å². The molecule has 1 heterocycles. The first-order valence-corrected chi connectivity index (χ1v) is 12.1. The van der Waals surface area contributed by atoms with E-state index in [0.717, 1.165) is 0 Å².